The first-order valence-electron chi connectivity index (χ1n) is 8.62. The molecule has 0 aliphatic heterocycles. The number of nitrogens with one attached hydrogen (secondary N) is 1. The van der Waals surface area contributed by atoms with Crippen LogP contribution in [0.25, 0.3) is 0 Å². The SMILES string of the molecule is CCCC1CCC(NC)C(OCC2CCCCC2)C1. The van der Waals surface area contributed by atoms with Gasteiger partial charge in [0.1, 0.15) is 0 Å². The van der Waals surface area contributed by atoms with E-state index < -0.39 is 0 Å². The van der Waals surface area contributed by atoms with Crippen LogP contribution < -0.4 is 5.32 Å². The van der Waals surface area contributed by atoms with E-state index in [1.54, 1.807) is 0 Å². The van der Waals surface area contributed by atoms with Crippen molar-refractivity contribution in [3.63, 3.8) is 0 Å². The molecule has 0 aromatic carbocycles. The van der Waals surface area contributed by atoms with Crippen molar-refractivity contribution < 1.29 is 4.74 Å². The molecule has 0 bridgehead atoms. The van der Waals surface area contributed by atoms with Crippen molar-refractivity contribution in [3.05, 3.63) is 0 Å². The average molecular weight is 267 g/mol. The predicted octanol–water partition coefficient (Wildman–Crippen LogP) is 4.14. The molecule has 3 atom stereocenters. The molecule has 0 heterocycles. The summed E-state index contributed by atoms with van der Waals surface area (Å²) < 4.78 is 6.34. The first kappa shape index (κ1) is 15.3. The van der Waals surface area contributed by atoms with Gasteiger partial charge in [-0.05, 0) is 51.0 Å². The maximum absolute atomic E-state index is 6.34. The Morgan fingerprint density at radius 3 is 2.47 bits per heavy atom. The summed E-state index contributed by atoms with van der Waals surface area (Å²) >= 11 is 0. The fourth-order valence-electron chi connectivity index (χ4n) is 4.01. The van der Waals surface area contributed by atoms with Crippen molar-refractivity contribution >= 4 is 0 Å². The van der Waals surface area contributed by atoms with Gasteiger partial charge < -0.3 is 10.1 Å². The van der Waals surface area contributed by atoms with Crippen molar-refractivity contribution in [3.8, 4) is 0 Å². The summed E-state index contributed by atoms with van der Waals surface area (Å²) in [6, 6.07) is 0.594. The normalized spacial score (nSPS) is 33.5. The van der Waals surface area contributed by atoms with Crippen LogP contribution in [0.4, 0.5) is 0 Å². The van der Waals surface area contributed by atoms with E-state index >= 15 is 0 Å². The third-order valence-electron chi connectivity index (χ3n) is 5.24. The highest BCUT2D eigenvalue weighted by atomic mass is 16.5. The van der Waals surface area contributed by atoms with Crippen LogP contribution >= 0.6 is 0 Å². The molecule has 0 spiro atoms. The number of ether oxygens (including phenoxy) is 1. The van der Waals surface area contributed by atoms with Gasteiger partial charge in [0.2, 0.25) is 0 Å². The summed E-state index contributed by atoms with van der Waals surface area (Å²) in [5, 5.41) is 3.48. The third-order valence-corrected chi connectivity index (χ3v) is 5.24. The lowest BCUT2D eigenvalue weighted by Gasteiger charge is -2.37. The lowest BCUT2D eigenvalue weighted by molar-refractivity contribution is -0.0297. The summed E-state index contributed by atoms with van der Waals surface area (Å²) in [5.74, 6) is 1.75. The lowest BCUT2D eigenvalue weighted by atomic mass is 9.81. The molecule has 2 aliphatic rings. The molecule has 2 saturated carbocycles. The summed E-state index contributed by atoms with van der Waals surface area (Å²) in [6.07, 6.45) is 14.2. The van der Waals surface area contributed by atoms with Gasteiger partial charge in [-0.15, -0.1) is 0 Å². The van der Waals surface area contributed by atoms with Gasteiger partial charge in [-0.25, -0.2) is 0 Å². The summed E-state index contributed by atoms with van der Waals surface area (Å²) in [4.78, 5) is 0. The van der Waals surface area contributed by atoms with E-state index in [2.05, 4.69) is 19.3 Å². The highest BCUT2D eigenvalue weighted by molar-refractivity contribution is 4.85. The summed E-state index contributed by atoms with van der Waals surface area (Å²) in [7, 11) is 2.10. The predicted molar refractivity (Wildman–Crippen MR) is 81.4 cm³/mol. The van der Waals surface area contributed by atoms with Gasteiger partial charge in [0, 0.05) is 12.6 Å². The van der Waals surface area contributed by atoms with Crippen LogP contribution in [-0.4, -0.2) is 25.8 Å². The highest BCUT2D eigenvalue weighted by Gasteiger charge is 2.30. The molecule has 2 heteroatoms. The van der Waals surface area contributed by atoms with Crippen LogP contribution in [0.1, 0.15) is 71.1 Å². The lowest BCUT2D eigenvalue weighted by Crippen LogP contribution is -2.44. The second-order valence-corrected chi connectivity index (χ2v) is 6.74. The molecule has 0 amide bonds. The summed E-state index contributed by atoms with van der Waals surface area (Å²) in [5.41, 5.74) is 0. The van der Waals surface area contributed by atoms with E-state index in [0.717, 1.165) is 18.4 Å². The molecule has 0 aromatic heterocycles. The number of likely N-dealkylation sites (N-methyl/N-ethyl adjacent to an activating group) is 1. The van der Waals surface area contributed by atoms with E-state index in [4.69, 9.17) is 4.74 Å². The van der Waals surface area contributed by atoms with Crippen LogP contribution in [0.3, 0.4) is 0 Å². The largest absolute Gasteiger partial charge is 0.376 e. The zero-order chi connectivity index (χ0) is 13.5. The molecule has 112 valence electrons. The molecule has 2 aliphatic carbocycles. The Bertz CT molecular complexity index is 237. The number of rotatable bonds is 6. The fourth-order valence-corrected chi connectivity index (χ4v) is 4.01. The van der Waals surface area contributed by atoms with E-state index in [-0.39, 0.29) is 0 Å². The average Bonchev–Trinajstić information content (AvgIpc) is 2.47. The van der Waals surface area contributed by atoms with Crippen molar-refractivity contribution in [1.29, 1.82) is 0 Å². The number of hydrogen-bond acceptors (Lipinski definition) is 2. The Kier molecular flexibility index (Phi) is 6.66. The van der Waals surface area contributed by atoms with Crippen LogP contribution in [-0.2, 0) is 4.74 Å². The standard InChI is InChI=1S/C17H33NO/c1-3-7-14-10-11-16(18-2)17(12-14)19-13-15-8-5-4-6-9-15/h14-18H,3-13H2,1-2H3. The smallest absolute Gasteiger partial charge is 0.0730 e. The quantitative estimate of drug-likeness (QED) is 0.781. The fraction of sp³-hybridized carbons (Fsp3) is 1.00. The molecule has 1 N–H and O–H groups in total. The highest BCUT2D eigenvalue weighted by Crippen LogP contribution is 2.31. The second kappa shape index (κ2) is 8.26. The number of hydrogen-bond donors (Lipinski definition) is 1. The molecule has 3 unspecified atom stereocenters. The van der Waals surface area contributed by atoms with Gasteiger partial charge in [0.15, 0.2) is 0 Å². The van der Waals surface area contributed by atoms with Crippen LogP contribution in [0, 0.1) is 11.8 Å². The molecule has 2 fully saturated rings. The minimum Gasteiger partial charge on any atom is -0.376 e. The molecular formula is C17H33NO. The second-order valence-electron chi connectivity index (χ2n) is 6.74. The minimum absolute atomic E-state index is 0.470. The molecule has 0 radical (unpaired) electrons. The Morgan fingerprint density at radius 2 is 1.79 bits per heavy atom. The van der Waals surface area contributed by atoms with Gasteiger partial charge >= 0.3 is 0 Å². The Balaban J connectivity index is 1.76. The first-order valence-corrected chi connectivity index (χ1v) is 8.62. The van der Waals surface area contributed by atoms with Crippen molar-refractivity contribution in [1.82, 2.24) is 5.32 Å². The van der Waals surface area contributed by atoms with Crippen molar-refractivity contribution in [2.45, 2.75) is 83.3 Å². The van der Waals surface area contributed by atoms with E-state index in [0.29, 0.717) is 12.1 Å². The minimum atomic E-state index is 0.470. The zero-order valence-corrected chi connectivity index (χ0v) is 13.0. The van der Waals surface area contributed by atoms with Crippen molar-refractivity contribution in [2.24, 2.45) is 11.8 Å². The van der Waals surface area contributed by atoms with Gasteiger partial charge in [0.25, 0.3) is 0 Å². The van der Waals surface area contributed by atoms with Crippen molar-refractivity contribution in [2.75, 3.05) is 13.7 Å². The molecule has 19 heavy (non-hydrogen) atoms. The first-order chi connectivity index (χ1) is 9.33. The Morgan fingerprint density at radius 1 is 1.00 bits per heavy atom. The Hall–Kier alpha value is -0.0800. The molecule has 2 rings (SSSR count). The molecule has 0 saturated heterocycles. The maximum atomic E-state index is 6.34. The summed E-state index contributed by atoms with van der Waals surface area (Å²) in [6.45, 7) is 3.32. The van der Waals surface area contributed by atoms with E-state index in [1.165, 1.54) is 64.2 Å². The maximum Gasteiger partial charge on any atom is 0.0730 e. The monoisotopic (exact) mass is 267 g/mol. The third kappa shape index (κ3) is 4.75. The van der Waals surface area contributed by atoms with Crippen LogP contribution in [0.5, 0.6) is 0 Å². The zero-order valence-electron chi connectivity index (χ0n) is 13.0. The Labute approximate surface area is 119 Å². The van der Waals surface area contributed by atoms with Crippen LogP contribution in [0.2, 0.25) is 0 Å². The molecule has 0 aromatic rings. The van der Waals surface area contributed by atoms with Gasteiger partial charge in [-0.2, -0.15) is 0 Å². The van der Waals surface area contributed by atoms with Gasteiger partial charge in [0.05, 0.1) is 6.10 Å². The van der Waals surface area contributed by atoms with E-state index in [1.807, 2.05) is 0 Å². The molecule has 2 nitrogen and oxygen atoms in total. The van der Waals surface area contributed by atoms with Crippen LogP contribution in [0.15, 0.2) is 0 Å². The van der Waals surface area contributed by atoms with E-state index in [9.17, 15) is 0 Å². The molecular weight excluding hydrogens is 234 g/mol. The van der Waals surface area contributed by atoms with Gasteiger partial charge in [-0.3, -0.25) is 0 Å². The van der Waals surface area contributed by atoms with Gasteiger partial charge in [-0.1, -0.05) is 39.0 Å². The topological polar surface area (TPSA) is 21.3 Å².